The third kappa shape index (κ3) is 3.26. The van der Waals surface area contributed by atoms with Crippen molar-refractivity contribution in [3.63, 3.8) is 0 Å². The highest BCUT2D eigenvalue weighted by atomic mass is 32.1. The third-order valence-corrected chi connectivity index (χ3v) is 8.43. The fourth-order valence-electron chi connectivity index (χ4n) is 4.34. The first-order chi connectivity index (χ1) is 17.9. The zero-order valence-electron chi connectivity index (χ0n) is 18.1. The number of aromatic nitrogens is 5. The first-order valence-corrected chi connectivity index (χ1v) is 14.0. The van der Waals surface area contributed by atoms with Crippen LogP contribution in [0.1, 0.15) is 32.7 Å². The summed E-state index contributed by atoms with van der Waals surface area (Å²) in [4.78, 5) is 5.58. The highest BCUT2D eigenvalue weighted by Crippen LogP contribution is 2.58. The van der Waals surface area contributed by atoms with E-state index in [1.807, 2.05) is 51.9 Å². The van der Waals surface area contributed by atoms with Crippen LogP contribution in [-0.4, -0.2) is 24.1 Å². The van der Waals surface area contributed by atoms with E-state index >= 15 is 0 Å². The van der Waals surface area contributed by atoms with Crippen LogP contribution in [0.25, 0.3) is 22.5 Å². The Morgan fingerprint density at radius 1 is 0.861 bits per heavy atom. The maximum Gasteiger partial charge on any atom is 0.238 e. The number of rotatable bonds is 6. The van der Waals surface area contributed by atoms with Crippen molar-refractivity contribution in [2.75, 3.05) is 0 Å². The standard InChI is InChI=1S/C24H13N5O3S4/c1-4-18(30-8-1)24(17-5-9-31-27-17)21(16-3-2-10-33-16)19(15-13-36-29-26-15)20(14-6-11-35-28-14)22(32-24)23-25-7-12-34-23/h1-13H. The van der Waals surface area contributed by atoms with Crippen LogP contribution in [0.15, 0.2) is 85.6 Å². The molecule has 0 fully saturated rings. The SMILES string of the molecule is c1coc(C2(c3ccon3)OC(c3nccs3)=C(c3ccsn3)C(c3csnn3)=C2c2cccs2)c1. The Kier molecular flexibility index (Phi) is 5.24. The fraction of sp³-hybridized carbons (Fsp3) is 0.0417. The third-order valence-electron chi connectivity index (χ3n) is 5.71. The second-order valence-electron chi connectivity index (χ2n) is 7.59. The minimum atomic E-state index is -1.29. The van der Waals surface area contributed by atoms with Crippen LogP contribution in [0, 0.1) is 0 Å². The monoisotopic (exact) mass is 547 g/mol. The number of hydrogen-bond donors (Lipinski definition) is 0. The minimum Gasteiger partial charge on any atom is -0.464 e. The molecule has 7 rings (SSSR count). The second kappa shape index (κ2) is 8.75. The van der Waals surface area contributed by atoms with Gasteiger partial charge in [-0.2, -0.15) is 4.37 Å². The molecule has 0 saturated heterocycles. The number of allylic oxidation sites excluding steroid dienone is 2. The Hall–Kier alpha value is -3.71. The van der Waals surface area contributed by atoms with Crippen molar-refractivity contribution in [3.8, 4) is 0 Å². The maximum absolute atomic E-state index is 7.09. The van der Waals surface area contributed by atoms with Crippen LogP contribution in [0.4, 0.5) is 0 Å². The predicted octanol–water partition coefficient (Wildman–Crippen LogP) is 6.55. The van der Waals surface area contributed by atoms with Crippen molar-refractivity contribution in [3.05, 3.63) is 109 Å². The Bertz CT molecular complexity index is 1600. The summed E-state index contributed by atoms with van der Waals surface area (Å²) in [6.45, 7) is 0. The van der Waals surface area contributed by atoms with E-state index in [1.165, 1.54) is 40.7 Å². The molecule has 1 aliphatic heterocycles. The molecule has 1 aliphatic rings. The van der Waals surface area contributed by atoms with Crippen molar-refractivity contribution in [2.45, 2.75) is 5.60 Å². The van der Waals surface area contributed by atoms with Crippen LogP contribution in [-0.2, 0) is 10.3 Å². The Morgan fingerprint density at radius 2 is 1.86 bits per heavy atom. The van der Waals surface area contributed by atoms with Crippen LogP contribution in [0.5, 0.6) is 0 Å². The van der Waals surface area contributed by atoms with Crippen molar-refractivity contribution < 1.29 is 13.7 Å². The first kappa shape index (κ1) is 21.6. The molecule has 0 N–H and O–H groups in total. The van der Waals surface area contributed by atoms with Gasteiger partial charge in [0.05, 0.1) is 17.5 Å². The van der Waals surface area contributed by atoms with Gasteiger partial charge in [-0.25, -0.2) is 4.98 Å². The molecule has 0 saturated carbocycles. The van der Waals surface area contributed by atoms with Gasteiger partial charge in [-0.1, -0.05) is 15.7 Å². The van der Waals surface area contributed by atoms with E-state index < -0.39 is 5.60 Å². The molecule has 6 aromatic rings. The van der Waals surface area contributed by atoms with Gasteiger partial charge in [0.25, 0.3) is 0 Å². The Labute approximate surface area is 220 Å². The molecule has 1 atom stereocenters. The quantitative estimate of drug-likeness (QED) is 0.232. The van der Waals surface area contributed by atoms with Crippen LogP contribution in [0.2, 0.25) is 0 Å². The van der Waals surface area contributed by atoms with Gasteiger partial charge in [0, 0.05) is 44.4 Å². The van der Waals surface area contributed by atoms with Crippen molar-refractivity contribution in [2.24, 2.45) is 0 Å². The lowest BCUT2D eigenvalue weighted by molar-refractivity contribution is 0.104. The normalized spacial score (nSPS) is 18.1. The van der Waals surface area contributed by atoms with Crippen LogP contribution < -0.4 is 0 Å². The average molecular weight is 548 g/mol. The van der Waals surface area contributed by atoms with E-state index in [9.17, 15) is 0 Å². The minimum absolute atomic E-state index is 0.535. The molecule has 6 aromatic heterocycles. The summed E-state index contributed by atoms with van der Waals surface area (Å²) in [5.74, 6) is 1.10. The molecule has 12 heteroatoms. The number of hydrogen-bond acceptors (Lipinski definition) is 12. The second-order valence-corrected chi connectivity index (χ2v) is 10.7. The molecule has 7 heterocycles. The lowest BCUT2D eigenvalue weighted by atomic mass is 9.77. The van der Waals surface area contributed by atoms with Gasteiger partial charge in [-0.05, 0) is 52.7 Å². The van der Waals surface area contributed by atoms with E-state index in [0.717, 1.165) is 27.3 Å². The highest BCUT2D eigenvalue weighted by Gasteiger charge is 2.53. The van der Waals surface area contributed by atoms with E-state index in [0.29, 0.717) is 27.9 Å². The van der Waals surface area contributed by atoms with Gasteiger partial charge in [-0.3, -0.25) is 0 Å². The molecule has 0 amide bonds. The number of thiophene rings is 1. The number of nitrogens with zero attached hydrogens (tertiary/aromatic N) is 5. The number of thiazole rings is 1. The summed E-state index contributed by atoms with van der Waals surface area (Å²) >= 11 is 5.72. The Morgan fingerprint density at radius 3 is 2.53 bits per heavy atom. The summed E-state index contributed by atoms with van der Waals surface area (Å²) in [7, 11) is 0. The van der Waals surface area contributed by atoms with Crippen molar-refractivity contribution in [1.29, 1.82) is 0 Å². The molecule has 8 nitrogen and oxygen atoms in total. The van der Waals surface area contributed by atoms with E-state index in [-0.39, 0.29) is 0 Å². The van der Waals surface area contributed by atoms with Gasteiger partial charge >= 0.3 is 0 Å². The van der Waals surface area contributed by atoms with Gasteiger partial charge in [0.2, 0.25) is 5.60 Å². The van der Waals surface area contributed by atoms with E-state index in [1.54, 1.807) is 29.9 Å². The molecule has 0 aliphatic carbocycles. The van der Waals surface area contributed by atoms with E-state index in [4.69, 9.17) is 18.1 Å². The zero-order valence-corrected chi connectivity index (χ0v) is 21.4. The molecule has 0 spiro atoms. The molecule has 0 aromatic carbocycles. The molecular weight excluding hydrogens is 535 g/mol. The van der Waals surface area contributed by atoms with Crippen LogP contribution >= 0.6 is 45.7 Å². The molecule has 0 radical (unpaired) electrons. The molecule has 1 unspecified atom stereocenters. The Balaban J connectivity index is 1.69. The summed E-state index contributed by atoms with van der Waals surface area (Å²) in [6, 6.07) is 11.5. The smallest absolute Gasteiger partial charge is 0.238 e. The maximum atomic E-state index is 7.09. The number of ether oxygens (including phenoxy) is 1. The molecular formula is C24H13N5O3S4. The van der Waals surface area contributed by atoms with Gasteiger partial charge in [0.1, 0.15) is 17.7 Å². The van der Waals surface area contributed by atoms with Gasteiger partial charge < -0.3 is 13.7 Å². The number of furan rings is 1. The van der Waals surface area contributed by atoms with Gasteiger partial charge in [0.15, 0.2) is 16.5 Å². The predicted molar refractivity (Wildman–Crippen MR) is 139 cm³/mol. The van der Waals surface area contributed by atoms with Crippen LogP contribution in [0.3, 0.4) is 0 Å². The fourth-order valence-corrected chi connectivity index (χ4v) is 6.75. The average Bonchev–Trinajstić information content (AvgIpc) is 3.79. The zero-order chi connectivity index (χ0) is 24.0. The molecule has 176 valence electrons. The summed E-state index contributed by atoms with van der Waals surface area (Å²) in [5.41, 5.74) is 3.13. The lowest BCUT2D eigenvalue weighted by Crippen LogP contribution is -2.36. The topological polar surface area (TPSA) is 100.0 Å². The summed E-state index contributed by atoms with van der Waals surface area (Å²) < 4.78 is 27.4. The summed E-state index contributed by atoms with van der Waals surface area (Å²) in [5, 5.41) is 17.4. The summed E-state index contributed by atoms with van der Waals surface area (Å²) in [6.07, 6.45) is 4.91. The first-order valence-electron chi connectivity index (χ1n) is 10.6. The van der Waals surface area contributed by atoms with Crippen molar-refractivity contribution >= 4 is 68.2 Å². The molecule has 36 heavy (non-hydrogen) atoms. The molecule has 0 bridgehead atoms. The highest BCUT2D eigenvalue weighted by molar-refractivity contribution is 7.11. The largest absolute Gasteiger partial charge is 0.464 e. The van der Waals surface area contributed by atoms with Gasteiger partial charge in [-0.15, -0.1) is 27.8 Å². The van der Waals surface area contributed by atoms with E-state index in [2.05, 4.69) is 19.7 Å². The van der Waals surface area contributed by atoms with Crippen molar-refractivity contribution in [1.82, 2.24) is 24.1 Å². The lowest BCUT2D eigenvalue weighted by Gasteiger charge is -2.39.